The van der Waals surface area contributed by atoms with E-state index in [1.165, 1.54) is 30.6 Å². The van der Waals surface area contributed by atoms with Crippen LogP contribution in [0, 0.1) is 24.7 Å². The summed E-state index contributed by atoms with van der Waals surface area (Å²) in [5.74, 6) is 3.09. The minimum absolute atomic E-state index is 0.0198. The molecule has 3 aliphatic rings. The average Bonchev–Trinajstić information content (AvgIpc) is 3.57. The first-order valence-corrected chi connectivity index (χ1v) is 13.8. The Balaban J connectivity index is 1.25. The van der Waals surface area contributed by atoms with E-state index in [0.717, 1.165) is 32.6 Å². The van der Waals surface area contributed by atoms with Crippen molar-refractivity contribution in [3.63, 3.8) is 0 Å². The molecule has 0 spiro atoms. The highest BCUT2D eigenvalue weighted by Gasteiger charge is 2.54. The third kappa shape index (κ3) is 4.06. The quantitative estimate of drug-likeness (QED) is 0.465. The van der Waals surface area contributed by atoms with Gasteiger partial charge in [-0.3, -0.25) is 9.59 Å². The molecule has 4 unspecified atom stereocenters. The Morgan fingerprint density at radius 3 is 2.80 bits per heavy atom. The number of aromatic amines is 1. The maximum absolute atomic E-state index is 12.5. The third-order valence-corrected chi connectivity index (χ3v) is 10.4. The molecule has 2 heterocycles. The van der Waals surface area contributed by atoms with E-state index in [0.29, 0.717) is 28.6 Å². The number of thiazole rings is 1. The summed E-state index contributed by atoms with van der Waals surface area (Å²) in [7, 11) is 1.62. The van der Waals surface area contributed by atoms with Gasteiger partial charge in [0.05, 0.1) is 12.1 Å². The van der Waals surface area contributed by atoms with Gasteiger partial charge in [-0.05, 0) is 73.3 Å². The van der Waals surface area contributed by atoms with Gasteiger partial charge < -0.3 is 19.8 Å². The van der Waals surface area contributed by atoms with Crippen molar-refractivity contribution >= 4 is 34.7 Å². The van der Waals surface area contributed by atoms with E-state index in [-0.39, 0.29) is 23.3 Å². The molecule has 2 fully saturated rings. The number of thioether (sulfide) groups is 1. The summed E-state index contributed by atoms with van der Waals surface area (Å²) >= 11 is 3.24. The van der Waals surface area contributed by atoms with Crippen LogP contribution in [0.5, 0.6) is 11.5 Å². The van der Waals surface area contributed by atoms with Crippen molar-refractivity contribution in [1.29, 1.82) is 0 Å². The number of para-hydroxylation sites is 1. The predicted molar refractivity (Wildman–Crippen MR) is 139 cm³/mol. The van der Waals surface area contributed by atoms with Gasteiger partial charge in [-0.1, -0.05) is 35.6 Å². The monoisotopic (exact) mass is 508 g/mol. The van der Waals surface area contributed by atoms with Gasteiger partial charge in [-0.25, -0.2) is 0 Å². The maximum atomic E-state index is 12.5. The first kappa shape index (κ1) is 22.7. The Morgan fingerprint density at radius 1 is 1.14 bits per heavy atom. The lowest BCUT2D eigenvalue weighted by molar-refractivity contribution is -0.118. The van der Waals surface area contributed by atoms with E-state index in [1.807, 2.05) is 55.1 Å². The highest BCUT2D eigenvalue weighted by atomic mass is 32.2. The zero-order valence-electron chi connectivity index (χ0n) is 19.7. The number of anilines is 1. The van der Waals surface area contributed by atoms with Gasteiger partial charge in [0.25, 0.3) is 5.91 Å². The molecular formula is C27H28N2O4S2. The molecule has 1 amide bonds. The van der Waals surface area contributed by atoms with Crippen LogP contribution < -0.4 is 19.7 Å². The van der Waals surface area contributed by atoms with Crippen molar-refractivity contribution in [2.45, 2.75) is 42.4 Å². The molecule has 5 atom stereocenters. The molecule has 182 valence electrons. The summed E-state index contributed by atoms with van der Waals surface area (Å²) in [6, 6.07) is 13.7. The van der Waals surface area contributed by atoms with Crippen LogP contribution >= 0.6 is 23.1 Å². The fraction of sp³-hybridized carbons (Fsp3) is 0.407. The SMILES string of the molecule is COc1cc([C@H]2c3sc(=O)[nH]c3SC3C4CCC(C4)C32)ccc1OCC(=O)Nc1ccccc1C. The number of methoxy groups -OCH3 is 1. The van der Waals surface area contributed by atoms with Crippen molar-refractivity contribution in [2.75, 3.05) is 19.0 Å². The zero-order valence-corrected chi connectivity index (χ0v) is 21.3. The summed E-state index contributed by atoms with van der Waals surface area (Å²) in [6.07, 6.45) is 3.88. The average molecular weight is 509 g/mol. The summed E-state index contributed by atoms with van der Waals surface area (Å²) in [5, 5.41) is 4.50. The van der Waals surface area contributed by atoms with Gasteiger partial charge >= 0.3 is 4.87 Å². The van der Waals surface area contributed by atoms with Crippen LogP contribution in [-0.2, 0) is 4.79 Å². The van der Waals surface area contributed by atoms with Crippen molar-refractivity contribution in [3.8, 4) is 11.5 Å². The Labute approximate surface area is 212 Å². The third-order valence-electron chi connectivity index (χ3n) is 7.79. The normalized spacial score (nSPS) is 26.2. The number of fused-ring (bicyclic) bond motifs is 6. The lowest BCUT2D eigenvalue weighted by Gasteiger charge is -2.40. The number of aromatic nitrogens is 1. The number of aryl methyl sites for hydroxylation is 1. The first-order valence-electron chi connectivity index (χ1n) is 12.1. The van der Waals surface area contributed by atoms with Crippen LogP contribution in [0.4, 0.5) is 5.69 Å². The Morgan fingerprint density at radius 2 is 1.97 bits per heavy atom. The fourth-order valence-electron chi connectivity index (χ4n) is 6.26. The topological polar surface area (TPSA) is 80.4 Å². The molecule has 0 radical (unpaired) electrons. The van der Waals surface area contributed by atoms with Crippen LogP contribution in [0.15, 0.2) is 52.3 Å². The van der Waals surface area contributed by atoms with Gasteiger partial charge in [0, 0.05) is 21.7 Å². The summed E-state index contributed by atoms with van der Waals surface area (Å²) in [4.78, 5) is 29.0. The van der Waals surface area contributed by atoms with E-state index >= 15 is 0 Å². The molecule has 6 nitrogen and oxygen atoms in total. The molecule has 6 rings (SSSR count). The molecule has 2 aromatic carbocycles. The standard InChI is InChI=1S/C27H28N2O4S2/c1-14-5-3-4-6-18(14)28-21(30)13-33-19-10-9-16(12-20(19)32-2)23-22-15-7-8-17(11-15)24(22)34-26-25(23)35-27(31)29-26/h3-6,9-10,12,15,17,22-24H,7-8,11,13H2,1-2H3,(H,28,30)(H,29,31)/t15?,17?,22?,23-,24?/m1/s1. The van der Waals surface area contributed by atoms with Crippen molar-refractivity contribution in [1.82, 2.24) is 4.98 Å². The molecule has 35 heavy (non-hydrogen) atoms. The molecule has 2 bridgehead atoms. The maximum Gasteiger partial charge on any atom is 0.305 e. The number of benzene rings is 2. The minimum atomic E-state index is -0.221. The predicted octanol–water partition coefficient (Wildman–Crippen LogP) is 5.42. The highest BCUT2D eigenvalue weighted by molar-refractivity contribution is 8.00. The molecule has 2 saturated carbocycles. The van der Waals surface area contributed by atoms with Gasteiger partial charge in [-0.15, -0.1) is 11.8 Å². The van der Waals surface area contributed by atoms with Crippen molar-refractivity contribution in [2.24, 2.45) is 17.8 Å². The van der Waals surface area contributed by atoms with E-state index in [4.69, 9.17) is 9.47 Å². The summed E-state index contributed by atoms with van der Waals surface area (Å²) < 4.78 is 11.5. The number of hydrogen-bond acceptors (Lipinski definition) is 6. The lowest BCUT2D eigenvalue weighted by Crippen LogP contribution is -2.33. The number of H-pyrrole nitrogens is 1. The van der Waals surface area contributed by atoms with Gasteiger partial charge in [0.2, 0.25) is 0 Å². The van der Waals surface area contributed by atoms with Crippen LogP contribution in [0.3, 0.4) is 0 Å². The van der Waals surface area contributed by atoms with Gasteiger partial charge in [-0.2, -0.15) is 0 Å². The van der Waals surface area contributed by atoms with Crippen LogP contribution in [0.25, 0.3) is 0 Å². The second kappa shape index (κ2) is 9.06. The van der Waals surface area contributed by atoms with E-state index in [1.54, 1.807) is 7.11 Å². The number of carbonyl (C=O) groups excluding carboxylic acids is 1. The van der Waals surface area contributed by atoms with E-state index in [2.05, 4.69) is 16.4 Å². The minimum Gasteiger partial charge on any atom is -0.493 e. The van der Waals surface area contributed by atoms with Crippen LogP contribution in [0.2, 0.25) is 0 Å². The number of nitrogens with one attached hydrogen (secondary N) is 2. The molecule has 8 heteroatoms. The van der Waals surface area contributed by atoms with Crippen LogP contribution in [-0.4, -0.2) is 29.9 Å². The van der Waals surface area contributed by atoms with E-state index < -0.39 is 0 Å². The highest BCUT2D eigenvalue weighted by Crippen LogP contribution is 2.63. The fourth-order valence-corrected chi connectivity index (χ4v) is 9.16. The number of ether oxygens (including phenoxy) is 2. The number of hydrogen-bond donors (Lipinski definition) is 2. The molecule has 2 N–H and O–H groups in total. The number of rotatable bonds is 6. The second-order valence-electron chi connectivity index (χ2n) is 9.74. The molecule has 0 saturated heterocycles. The number of amides is 1. The first-order chi connectivity index (χ1) is 17.0. The summed E-state index contributed by atoms with van der Waals surface area (Å²) in [6.45, 7) is 1.84. The van der Waals surface area contributed by atoms with Crippen molar-refractivity contribution < 1.29 is 14.3 Å². The second-order valence-corrected chi connectivity index (χ2v) is 11.9. The molecule has 3 aromatic rings. The Bertz CT molecular complexity index is 1330. The van der Waals surface area contributed by atoms with Gasteiger partial charge in [0.1, 0.15) is 0 Å². The van der Waals surface area contributed by atoms with Crippen molar-refractivity contribution in [3.05, 3.63) is 68.1 Å². The van der Waals surface area contributed by atoms with E-state index in [9.17, 15) is 9.59 Å². The smallest absolute Gasteiger partial charge is 0.305 e. The lowest BCUT2D eigenvalue weighted by atomic mass is 9.75. The Hall–Kier alpha value is -2.71. The largest absolute Gasteiger partial charge is 0.493 e. The Kier molecular flexibility index (Phi) is 5.89. The molecular weight excluding hydrogens is 480 g/mol. The molecule has 1 aliphatic heterocycles. The van der Waals surface area contributed by atoms with Crippen LogP contribution in [0.1, 0.15) is 41.2 Å². The van der Waals surface area contributed by atoms with Gasteiger partial charge in [0.15, 0.2) is 18.1 Å². The zero-order chi connectivity index (χ0) is 24.1. The summed E-state index contributed by atoms with van der Waals surface area (Å²) in [5.41, 5.74) is 2.93. The molecule has 2 aliphatic carbocycles. The number of carbonyl (C=O) groups is 1. The molecule has 1 aromatic heterocycles.